The number of phenols is 1. The Morgan fingerprint density at radius 1 is 1.27 bits per heavy atom. The van der Waals surface area contributed by atoms with Crippen molar-refractivity contribution in [3.63, 3.8) is 0 Å². The Hall–Kier alpha value is -3.08. The predicted molar refractivity (Wildman–Crippen MR) is 86.2 cm³/mol. The topological polar surface area (TPSA) is 77.5 Å². The largest absolute Gasteiger partial charge is 0.507 e. The molecule has 3 N–H and O–H groups in total. The molecule has 5 nitrogen and oxygen atoms in total. The second-order valence-electron chi connectivity index (χ2n) is 5.01. The highest BCUT2D eigenvalue weighted by Gasteiger charge is 2.08. The molecule has 5 heteroatoms. The fourth-order valence-electron chi connectivity index (χ4n) is 2.25. The summed E-state index contributed by atoms with van der Waals surface area (Å²) >= 11 is 0. The summed E-state index contributed by atoms with van der Waals surface area (Å²) in [7, 11) is 0. The number of hydrogen-bond acceptors (Lipinski definition) is 3. The third kappa shape index (κ3) is 2.69. The highest BCUT2D eigenvalue weighted by molar-refractivity contribution is 6.01. The Balaban J connectivity index is 1.78. The number of H-pyrrole nitrogens is 1. The van der Waals surface area contributed by atoms with E-state index in [1.165, 1.54) is 12.1 Å². The molecular formula is C17H15N3O2. The lowest BCUT2D eigenvalue weighted by Crippen LogP contribution is -2.17. The Morgan fingerprint density at radius 2 is 2.09 bits per heavy atom. The zero-order valence-corrected chi connectivity index (χ0v) is 12.0. The van der Waals surface area contributed by atoms with E-state index in [1.54, 1.807) is 18.3 Å². The van der Waals surface area contributed by atoms with Gasteiger partial charge in [-0.1, -0.05) is 23.8 Å². The number of aromatic amines is 1. The molecule has 22 heavy (non-hydrogen) atoms. The number of rotatable bonds is 3. The molecule has 0 atom stereocenters. The molecule has 3 aromatic rings. The average molecular weight is 293 g/mol. The third-order valence-electron chi connectivity index (χ3n) is 3.39. The zero-order chi connectivity index (χ0) is 15.5. The first-order valence-corrected chi connectivity index (χ1v) is 6.84. The molecule has 2 aromatic carbocycles. The Kier molecular flexibility index (Phi) is 3.62. The van der Waals surface area contributed by atoms with Gasteiger partial charge in [-0.2, -0.15) is 5.10 Å². The average Bonchev–Trinajstić information content (AvgIpc) is 2.90. The molecular weight excluding hydrogens is 278 g/mol. The van der Waals surface area contributed by atoms with Crippen LogP contribution in [0.25, 0.3) is 10.9 Å². The van der Waals surface area contributed by atoms with E-state index < -0.39 is 5.91 Å². The summed E-state index contributed by atoms with van der Waals surface area (Å²) in [6, 6.07) is 12.4. The molecule has 1 amide bonds. The third-order valence-corrected chi connectivity index (χ3v) is 3.39. The number of para-hydroxylation sites is 1. The van der Waals surface area contributed by atoms with Crippen molar-refractivity contribution in [1.29, 1.82) is 0 Å². The van der Waals surface area contributed by atoms with Gasteiger partial charge >= 0.3 is 0 Å². The molecule has 0 saturated carbocycles. The summed E-state index contributed by atoms with van der Waals surface area (Å²) in [6.45, 7) is 2.02. The van der Waals surface area contributed by atoms with Crippen LogP contribution in [0, 0.1) is 6.92 Å². The SMILES string of the molecule is Cc1ccc2[nH]cc(/C=N/NC(=O)c3ccccc3O)c2c1. The number of benzene rings is 2. The lowest BCUT2D eigenvalue weighted by atomic mass is 10.1. The molecule has 0 bridgehead atoms. The first-order valence-electron chi connectivity index (χ1n) is 6.84. The van der Waals surface area contributed by atoms with Crippen molar-refractivity contribution in [1.82, 2.24) is 10.4 Å². The van der Waals surface area contributed by atoms with E-state index in [1.807, 2.05) is 25.3 Å². The van der Waals surface area contributed by atoms with Crippen molar-refractivity contribution in [3.8, 4) is 5.75 Å². The van der Waals surface area contributed by atoms with Crippen LogP contribution in [0.15, 0.2) is 53.8 Å². The van der Waals surface area contributed by atoms with Crippen LogP contribution in [0.5, 0.6) is 5.75 Å². The number of amides is 1. The summed E-state index contributed by atoms with van der Waals surface area (Å²) < 4.78 is 0. The van der Waals surface area contributed by atoms with Crippen LogP contribution in [0.2, 0.25) is 0 Å². The predicted octanol–water partition coefficient (Wildman–Crippen LogP) is 2.95. The van der Waals surface area contributed by atoms with Gasteiger partial charge in [-0.3, -0.25) is 4.79 Å². The normalized spacial score (nSPS) is 11.1. The van der Waals surface area contributed by atoms with Gasteiger partial charge in [0.05, 0.1) is 11.8 Å². The molecule has 0 saturated heterocycles. The molecule has 0 unspecified atom stereocenters. The summed E-state index contributed by atoms with van der Waals surface area (Å²) in [4.78, 5) is 15.1. The zero-order valence-electron chi connectivity index (χ0n) is 12.0. The van der Waals surface area contributed by atoms with Gasteiger partial charge in [0.15, 0.2) is 0 Å². The molecule has 0 aliphatic heterocycles. The Bertz CT molecular complexity index is 865. The summed E-state index contributed by atoms with van der Waals surface area (Å²) in [6.07, 6.45) is 3.41. The number of fused-ring (bicyclic) bond motifs is 1. The minimum absolute atomic E-state index is 0.0714. The summed E-state index contributed by atoms with van der Waals surface area (Å²) in [5.41, 5.74) is 5.65. The second kappa shape index (κ2) is 5.73. The lowest BCUT2D eigenvalue weighted by molar-refractivity contribution is 0.0952. The minimum atomic E-state index is -0.453. The van der Waals surface area contributed by atoms with Gasteiger partial charge in [-0.25, -0.2) is 5.43 Å². The smallest absolute Gasteiger partial charge is 0.275 e. The van der Waals surface area contributed by atoms with Gasteiger partial charge in [0, 0.05) is 22.7 Å². The second-order valence-corrected chi connectivity index (χ2v) is 5.01. The van der Waals surface area contributed by atoms with E-state index in [0.29, 0.717) is 0 Å². The van der Waals surface area contributed by atoms with Crippen molar-refractivity contribution in [2.24, 2.45) is 5.10 Å². The van der Waals surface area contributed by atoms with Crippen molar-refractivity contribution >= 4 is 23.0 Å². The Morgan fingerprint density at radius 3 is 2.91 bits per heavy atom. The van der Waals surface area contributed by atoms with Crippen molar-refractivity contribution in [3.05, 3.63) is 65.4 Å². The van der Waals surface area contributed by atoms with E-state index in [-0.39, 0.29) is 11.3 Å². The van der Waals surface area contributed by atoms with Crippen LogP contribution in [-0.2, 0) is 0 Å². The van der Waals surface area contributed by atoms with Crippen LogP contribution in [0.3, 0.4) is 0 Å². The van der Waals surface area contributed by atoms with Crippen LogP contribution < -0.4 is 5.43 Å². The Labute approximate surface area is 127 Å². The molecule has 0 spiro atoms. The van der Waals surface area contributed by atoms with Gasteiger partial charge in [0.25, 0.3) is 5.91 Å². The number of phenolic OH excluding ortho intramolecular Hbond substituents is 1. The maximum atomic E-state index is 11.9. The maximum Gasteiger partial charge on any atom is 0.275 e. The highest BCUT2D eigenvalue weighted by Crippen LogP contribution is 2.18. The fraction of sp³-hybridized carbons (Fsp3) is 0.0588. The first kappa shape index (κ1) is 13.9. The van der Waals surface area contributed by atoms with Crippen molar-refractivity contribution in [2.75, 3.05) is 0 Å². The molecule has 0 aliphatic rings. The summed E-state index contributed by atoms with van der Waals surface area (Å²) in [5.74, 6) is -0.525. The molecule has 0 fully saturated rings. The van der Waals surface area contributed by atoms with Gasteiger partial charge in [-0.05, 0) is 31.2 Å². The van der Waals surface area contributed by atoms with Crippen LogP contribution in [-0.4, -0.2) is 22.2 Å². The number of aromatic nitrogens is 1. The van der Waals surface area contributed by atoms with E-state index >= 15 is 0 Å². The standard InChI is InChI=1S/C17H15N3O2/c1-11-6-7-15-14(8-11)12(9-18-15)10-19-20-17(22)13-4-2-3-5-16(13)21/h2-10,18,21H,1H3,(H,20,22)/b19-10+. The number of nitrogens with zero attached hydrogens (tertiary/aromatic N) is 1. The number of aromatic hydroxyl groups is 1. The van der Waals surface area contributed by atoms with Crippen LogP contribution in [0.4, 0.5) is 0 Å². The first-order chi connectivity index (χ1) is 10.6. The number of aryl methyl sites for hydroxylation is 1. The molecule has 110 valence electrons. The van der Waals surface area contributed by atoms with E-state index in [2.05, 4.69) is 21.6 Å². The fourth-order valence-corrected chi connectivity index (χ4v) is 2.25. The van der Waals surface area contributed by atoms with Gasteiger partial charge in [0.2, 0.25) is 0 Å². The van der Waals surface area contributed by atoms with E-state index in [9.17, 15) is 9.90 Å². The van der Waals surface area contributed by atoms with Crippen LogP contribution in [0.1, 0.15) is 21.5 Å². The van der Waals surface area contributed by atoms with E-state index in [4.69, 9.17) is 0 Å². The van der Waals surface area contributed by atoms with Crippen molar-refractivity contribution < 1.29 is 9.90 Å². The number of nitrogens with one attached hydrogen (secondary N) is 2. The van der Waals surface area contributed by atoms with E-state index in [0.717, 1.165) is 22.0 Å². The number of carbonyl (C=O) groups excluding carboxylic acids is 1. The molecule has 3 rings (SSSR count). The number of hydrazone groups is 1. The highest BCUT2D eigenvalue weighted by atomic mass is 16.3. The molecule has 0 aliphatic carbocycles. The number of carbonyl (C=O) groups is 1. The van der Waals surface area contributed by atoms with Crippen LogP contribution >= 0.6 is 0 Å². The van der Waals surface area contributed by atoms with Gasteiger partial charge in [0.1, 0.15) is 5.75 Å². The van der Waals surface area contributed by atoms with Gasteiger partial charge in [-0.15, -0.1) is 0 Å². The van der Waals surface area contributed by atoms with Gasteiger partial charge < -0.3 is 10.1 Å². The summed E-state index contributed by atoms with van der Waals surface area (Å²) in [5, 5.41) is 14.6. The molecule has 1 heterocycles. The monoisotopic (exact) mass is 293 g/mol. The maximum absolute atomic E-state index is 11.9. The molecule has 1 aromatic heterocycles. The minimum Gasteiger partial charge on any atom is -0.507 e. The lowest BCUT2D eigenvalue weighted by Gasteiger charge is -2.01. The quantitative estimate of drug-likeness (QED) is 0.513. The van der Waals surface area contributed by atoms with Crippen molar-refractivity contribution in [2.45, 2.75) is 6.92 Å². The molecule has 0 radical (unpaired) electrons. The number of hydrogen-bond donors (Lipinski definition) is 3.